The Morgan fingerprint density at radius 1 is 0.843 bits per heavy atom. The van der Waals surface area contributed by atoms with E-state index in [1.807, 2.05) is 0 Å². The summed E-state index contributed by atoms with van der Waals surface area (Å²) in [5, 5.41) is 97.1. The molecule has 5 fully saturated rings. The molecule has 6 rings (SSSR count). The monoisotopic (exact) mass is 726 g/mol. The fraction of sp³-hybridized carbons (Fsp3) is 0.895. The quantitative estimate of drug-likeness (QED) is 0.147. The van der Waals surface area contributed by atoms with Gasteiger partial charge in [-0.3, -0.25) is 0 Å². The number of ether oxygens (including phenoxy) is 4. The average Bonchev–Trinajstić information content (AvgIpc) is 3.44. The van der Waals surface area contributed by atoms with E-state index in [1.54, 1.807) is 6.08 Å². The summed E-state index contributed by atoms with van der Waals surface area (Å²) < 4.78 is 23.5. The third-order valence-electron chi connectivity index (χ3n) is 13.8. The van der Waals surface area contributed by atoms with Crippen LogP contribution in [-0.2, 0) is 18.9 Å². The molecule has 20 unspecified atom stereocenters. The molecule has 0 spiro atoms. The molecule has 2 saturated heterocycles. The molecule has 3 saturated carbocycles. The highest BCUT2D eigenvalue weighted by Gasteiger charge is 2.64. The van der Waals surface area contributed by atoms with E-state index in [4.69, 9.17) is 18.9 Å². The van der Waals surface area contributed by atoms with Crippen molar-refractivity contribution in [3.05, 3.63) is 23.8 Å². The molecule has 2 heterocycles. The van der Waals surface area contributed by atoms with Crippen molar-refractivity contribution < 1.29 is 64.9 Å². The van der Waals surface area contributed by atoms with Crippen LogP contribution in [0.15, 0.2) is 23.8 Å². The van der Waals surface area contributed by atoms with Crippen LogP contribution in [0.25, 0.3) is 0 Å². The maximum atomic E-state index is 12.0. The maximum absolute atomic E-state index is 12.0. The van der Waals surface area contributed by atoms with Gasteiger partial charge in [-0.05, 0) is 90.4 Å². The highest BCUT2D eigenvalue weighted by molar-refractivity contribution is 5.33. The zero-order valence-corrected chi connectivity index (χ0v) is 30.5. The van der Waals surface area contributed by atoms with Gasteiger partial charge in [-0.2, -0.15) is 0 Å². The topological polar surface area (TPSA) is 219 Å². The van der Waals surface area contributed by atoms with Gasteiger partial charge in [0.2, 0.25) is 0 Å². The Hall–Kier alpha value is -1.04. The SMILES string of the molecule is CC(C)CC=CC(C)C1CCC2C3C(O)C=C4C(OC5OCC(O)C(O)C5OC5OC(CO)C(O)C(O)C5O)C(O)C(O)CC4(C)C3CCC12C. The first-order valence-electron chi connectivity index (χ1n) is 19.1. The highest BCUT2D eigenvalue weighted by Crippen LogP contribution is 2.67. The first-order valence-corrected chi connectivity index (χ1v) is 19.1. The number of aliphatic hydroxyl groups excluding tert-OH is 9. The van der Waals surface area contributed by atoms with Crippen molar-refractivity contribution in [1.82, 2.24) is 0 Å². The predicted molar refractivity (Wildman–Crippen MR) is 182 cm³/mol. The fourth-order valence-corrected chi connectivity index (χ4v) is 11.0. The Morgan fingerprint density at radius 3 is 2.25 bits per heavy atom. The number of hydrogen-bond acceptors (Lipinski definition) is 13. The second-order valence-corrected chi connectivity index (χ2v) is 17.3. The predicted octanol–water partition coefficient (Wildman–Crippen LogP) is 0.365. The molecular weight excluding hydrogens is 664 g/mol. The minimum atomic E-state index is -1.79. The van der Waals surface area contributed by atoms with Crippen LogP contribution in [0.4, 0.5) is 0 Å². The van der Waals surface area contributed by atoms with E-state index >= 15 is 0 Å². The minimum Gasteiger partial charge on any atom is -0.394 e. The molecular formula is C38H62O13. The van der Waals surface area contributed by atoms with E-state index in [1.165, 1.54) is 0 Å². The molecule has 0 bridgehead atoms. The molecule has 4 aliphatic carbocycles. The van der Waals surface area contributed by atoms with Gasteiger partial charge in [0.05, 0.1) is 25.4 Å². The second-order valence-electron chi connectivity index (χ2n) is 17.3. The van der Waals surface area contributed by atoms with Gasteiger partial charge in [0.15, 0.2) is 12.6 Å². The van der Waals surface area contributed by atoms with Crippen molar-refractivity contribution in [3.8, 4) is 0 Å². The van der Waals surface area contributed by atoms with Crippen molar-refractivity contribution in [3.63, 3.8) is 0 Å². The van der Waals surface area contributed by atoms with E-state index < -0.39 is 91.7 Å². The standard InChI is InChI=1S/C38H62O13/c1-17(2)7-6-8-18(3)19-9-10-20-27-21(11-12-37(19,20)4)38(5)14-24(41)28(43)33(22(38)13-23(27)40)50-36-34(29(44)25(42)16-48-36)51-35-32(47)31(46)30(45)26(15-39)49-35/h6,8,13,17-21,23-36,39-47H,7,9-12,14-16H2,1-5H3. The van der Waals surface area contributed by atoms with Gasteiger partial charge in [0.1, 0.15) is 54.9 Å². The molecule has 292 valence electrons. The Kier molecular flexibility index (Phi) is 11.8. The van der Waals surface area contributed by atoms with Crippen molar-refractivity contribution in [1.29, 1.82) is 0 Å². The second kappa shape index (κ2) is 15.2. The zero-order chi connectivity index (χ0) is 37.2. The number of hydrogen-bond donors (Lipinski definition) is 9. The molecule has 13 nitrogen and oxygen atoms in total. The zero-order valence-electron chi connectivity index (χ0n) is 30.5. The molecule has 0 aromatic rings. The largest absolute Gasteiger partial charge is 0.394 e. The molecule has 51 heavy (non-hydrogen) atoms. The lowest BCUT2D eigenvalue weighted by molar-refractivity contribution is -0.363. The molecule has 0 aromatic heterocycles. The lowest BCUT2D eigenvalue weighted by Crippen LogP contribution is -2.64. The van der Waals surface area contributed by atoms with Crippen LogP contribution in [0.3, 0.4) is 0 Å². The fourth-order valence-electron chi connectivity index (χ4n) is 11.0. The van der Waals surface area contributed by atoms with Crippen LogP contribution in [0, 0.1) is 46.3 Å². The van der Waals surface area contributed by atoms with Crippen LogP contribution >= 0.6 is 0 Å². The summed E-state index contributed by atoms with van der Waals surface area (Å²) in [5.74, 6) is 1.77. The average molecular weight is 727 g/mol. The molecule has 2 aliphatic heterocycles. The molecule has 9 N–H and O–H groups in total. The molecule has 0 radical (unpaired) electrons. The molecule has 20 atom stereocenters. The van der Waals surface area contributed by atoms with Gasteiger partial charge in [-0.1, -0.05) is 52.8 Å². The number of fused-ring (bicyclic) bond motifs is 5. The van der Waals surface area contributed by atoms with Gasteiger partial charge < -0.3 is 64.9 Å². The minimum absolute atomic E-state index is 0.00483. The van der Waals surface area contributed by atoms with Crippen molar-refractivity contribution in [2.45, 2.75) is 153 Å². The van der Waals surface area contributed by atoms with E-state index in [0.29, 0.717) is 23.3 Å². The summed E-state index contributed by atoms with van der Waals surface area (Å²) in [5.41, 5.74) is 0.0410. The summed E-state index contributed by atoms with van der Waals surface area (Å²) in [6, 6.07) is 0. The van der Waals surface area contributed by atoms with Gasteiger partial charge in [-0.15, -0.1) is 0 Å². The molecule has 6 aliphatic rings. The summed E-state index contributed by atoms with van der Waals surface area (Å²) >= 11 is 0. The first kappa shape index (κ1) is 39.6. The maximum Gasteiger partial charge on any atom is 0.187 e. The summed E-state index contributed by atoms with van der Waals surface area (Å²) in [6.07, 6.45) is -7.04. The van der Waals surface area contributed by atoms with Crippen LogP contribution in [0.2, 0.25) is 0 Å². The number of allylic oxidation sites excluding steroid dienone is 2. The lowest BCUT2D eigenvalue weighted by Gasteiger charge is -2.61. The lowest BCUT2D eigenvalue weighted by atomic mass is 9.46. The smallest absolute Gasteiger partial charge is 0.187 e. The third kappa shape index (κ3) is 7.03. The molecule has 13 heteroatoms. The van der Waals surface area contributed by atoms with E-state index in [2.05, 4.69) is 46.8 Å². The first-order chi connectivity index (χ1) is 24.0. The number of aliphatic hydroxyl groups is 9. The summed E-state index contributed by atoms with van der Waals surface area (Å²) in [7, 11) is 0. The third-order valence-corrected chi connectivity index (χ3v) is 13.8. The highest BCUT2D eigenvalue weighted by atomic mass is 16.8. The van der Waals surface area contributed by atoms with Gasteiger partial charge in [-0.25, -0.2) is 0 Å². The normalized spacial score (nSPS) is 52.3. The molecule has 0 aromatic carbocycles. The van der Waals surface area contributed by atoms with Crippen LogP contribution < -0.4 is 0 Å². The van der Waals surface area contributed by atoms with E-state index in [9.17, 15) is 46.0 Å². The Bertz CT molecular complexity index is 1260. The van der Waals surface area contributed by atoms with Crippen molar-refractivity contribution in [2.24, 2.45) is 46.3 Å². The Morgan fingerprint density at radius 2 is 1.57 bits per heavy atom. The van der Waals surface area contributed by atoms with Crippen LogP contribution in [-0.4, -0.2) is 139 Å². The van der Waals surface area contributed by atoms with Crippen LogP contribution in [0.5, 0.6) is 0 Å². The summed E-state index contributed by atoms with van der Waals surface area (Å²) in [6.45, 7) is 10.2. The van der Waals surface area contributed by atoms with Crippen molar-refractivity contribution in [2.75, 3.05) is 13.2 Å². The van der Waals surface area contributed by atoms with Gasteiger partial charge >= 0.3 is 0 Å². The number of rotatable bonds is 9. The van der Waals surface area contributed by atoms with Gasteiger partial charge in [0, 0.05) is 0 Å². The van der Waals surface area contributed by atoms with Crippen molar-refractivity contribution >= 4 is 0 Å². The van der Waals surface area contributed by atoms with Crippen LogP contribution in [0.1, 0.15) is 73.1 Å². The van der Waals surface area contributed by atoms with E-state index in [-0.39, 0.29) is 36.2 Å². The summed E-state index contributed by atoms with van der Waals surface area (Å²) in [4.78, 5) is 0. The Balaban J connectivity index is 1.25. The Labute approximate surface area is 300 Å². The molecule has 0 amide bonds. The van der Waals surface area contributed by atoms with E-state index in [0.717, 1.165) is 32.1 Å². The van der Waals surface area contributed by atoms with Gasteiger partial charge in [0.25, 0.3) is 0 Å².